The van der Waals surface area contributed by atoms with E-state index in [-0.39, 0.29) is 11.5 Å². The first-order valence-electron chi connectivity index (χ1n) is 8.88. The van der Waals surface area contributed by atoms with E-state index in [2.05, 4.69) is 22.2 Å². The van der Waals surface area contributed by atoms with E-state index in [1.54, 1.807) is 37.1 Å². The van der Waals surface area contributed by atoms with Gasteiger partial charge in [0.15, 0.2) is 5.16 Å². The molecule has 1 aromatic heterocycles. The molecule has 1 heterocycles. The van der Waals surface area contributed by atoms with Crippen molar-refractivity contribution in [2.45, 2.75) is 36.4 Å². The third kappa shape index (κ3) is 6.20. The summed E-state index contributed by atoms with van der Waals surface area (Å²) in [4.78, 5) is 31.9. The van der Waals surface area contributed by atoms with Gasteiger partial charge in [-0.2, -0.15) is 11.8 Å². The fraction of sp³-hybridized carbons (Fsp3) is 0.421. The van der Waals surface area contributed by atoms with E-state index in [4.69, 9.17) is 9.47 Å². The van der Waals surface area contributed by atoms with E-state index in [1.807, 2.05) is 6.92 Å². The average Bonchev–Trinajstić information content (AvgIpc) is 2.70. The lowest BCUT2D eigenvalue weighted by Gasteiger charge is -2.16. The number of nitrogens with zero attached hydrogens (tertiary/aromatic N) is 1. The molecule has 1 amide bonds. The highest BCUT2D eigenvalue weighted by Gasteiger charge is 2.21. The zero-order valence-electron chi connectivity index (χ0n) is 16.4. The molecule has 0 fully saturated rings. The van der Waals surface area contributed by atoms with Gasteiger partial charge in [0.05, 0.1) is 30.9 Å². The summed E-state index contributed by atoms with van der Waals surface area (Å²) in [5.41, 5.74) is 1.06. The number of carbonyl (C=O) groups is 1. The fourth-order valence-corrected chi connectivity index (χ4v) is 3.88. The van der Waals surface area contributed by atoms with Crippen LogP contribution in [-0.4, -0.2) is 41.1 Å². The minimum Gasteiger partial charge on any atom is -0.497 e. The van der Waals surface area contributed by atoms with E-state index >= 15 is 0 Å². The molecule has 152 valence electrons. The van der Waals surface area contributed by atoms with Crippen LogP contribution < -0.4 is 20.3 Å². The van der Waals surface area contributed by atoms with Gasteiger partial charge in [-0.3, -0.25) is 9.59 Å². The van der Waals surface area contributed by atoms with Crippen molar-refractivity contribution in [3.63, 3.8) is 0 Å². The molecule has 0 saturated heterocycles. The van der Waals surface area contributed by atoms with Gasteiger partial charge in [-0.25, -0.2) is 4.98 Å². The van der Waals surface area contributed by atoms with Crippen molar-refractivity contribution in [2.75, 3.05) is 25.3 Å². The normalized spacial score (nSPS) is 11.7. The van der Waals surface area contributed by atoms with Crippen LogP contribution in [0.5, 0.6) is 11.5 Å². The predicted octanol–water partition coefficient (Wildman–Crippen LogP) is 3.55. The van der Waals surface area contributed by atoms with Crippen molar-refractivity contribution < 1.29 is 14.3 Å². The van der Waals surface area contributed by atoms with Gasteiger partial charge in [0.1, 0.15) is 11.5 Å². The number of benzene rings is 1. The largest absolute Gasteiger partial charge is 0.497 e. The van der Waals surface area contributed by atoms with Crippen molar-refractivity contribution in [1.29, 1.82) is 0 Å². The molecule has 2 N–H and O–H groups in total. The van der Waals surface area contributed by atoms with Crippen LogP contribution in [0, 0.1) is 0 Å². The molecule has 28 heavy (non-hydrogen) atoms. The molecule has 1 atom stereocenters. The molecule has 9 heteroatoms. The number of nitrogens with one attached hydrogen (secondary N) is 2. The minimum absolute atomic E-state index is 0.188. The van der Waals surface area contributed by atoms with Gasteiger partial charge in [-0.05, 0) is 24.3 Å². The van der Waals surface area contributed by atoms with Gasteiger partial charge in [-0.15, -0.1) is 0 Å². The Labute approximate surface area is 173 Å². The second kappa shape index (κ2) is 11.0. The quantitative estimate of drug-likeness (QED) is 0.446. The van der Waals surface area contributed by atoms with Crippen molar-refractivity contribution in [2.24, 2.45) is 0 Å². The van der Waals surface area contributed by atoms with Crippen LogP contribution in [0.15, 0.2) is 34.2 Å². The van der Waals surface area contributed by atoms with Crippen LogP contribution in [0.25, 0.3) is 0 Å². The lowest BCUT2D eigenvalue weighted by Crippen LogP contribution is -2.25. The number of H-pyrrole nitrogens is 1. The average molecular weight is 424 g/mol. The number of hydrogen-bond acceptors (Lipinski definition) is 7. The van der Waals surface area contributed by atoms with E-state index in [1.165, 1.54) is 24.9 Å². The van der Waals surface area contributed by atoms with E-state index < -0.39 is 5.25 Å². The van der Waals surface area contributed by atoms with Crippen LogP contribution in [0.4, 0.5) is 5.69 Å². The zero-order valence-corrected chi connectivity index (χ0v) is 18.0. The highest BCUT2D eigenvalue weighted by molar-refractivity contribution is 8.00. The summed E-state index contributed by atoms with van der Waals surface area (Å²) in [5.74, 6) is 2.57. The van der Waals surface area contributed by atoms with Gasteiger partial charge < -0.3 is 19.8 Å². The maximum absolute atomic E-state index is 12.8. The Morgan fingerprint density at radius 2 is 2.04 bits per heavy atom. The van der Waals surface area contributed by atoms with Crippen LogP contribution in [0.2, 0.25) is 0 Å². The number of ether oxygens (including phenoxy) is 2. The standard InChI is InChI=1S/C19H25N3O4S2/c1-5-16(28-19-20-12(11-27-6-2)9-17(23)22-19)18(24)21-14-8-7-13(25-3)10-15(14)26-4/h7-10,16H,5-6,11H2,1-4H3,(H,21,24)(H,20,22,23). The molecule has 0 saturated carbocycles. The number of methoxy groups -OCH3 is 2. The summed E-state index contributed by atoms with van der Waals surface area (Å²) in [6.45, 7) is 3.97. The van der Waals surface area contributed by atoms with Gasteiger partial charge in [0, 0.05) is 17.9 Å². The molecule has 1 unspecified atom stereocenters. The maximum Gasteiger partial charge on any atom is 0.251 e. The first-order valence-corrected chi connectivity index (χ1v) is 10.9. The highest BCUT2D eigenvalue weighted by Crippen LogP contribution is 2.30. The Morgan fingerprint density at radius 3 is 2.68 bits per heavy atom. The second-order valence-electron chi connectivity index (χ2n) is 5.75. The minimum atomic E-state index is -0.413. The Morgan fingerprint density at radius 1 is 1.25 bits per heavy atom. The molecule has 0 aliphatic heterocycles. The fourth-order valence-electron chi connectivity index (χ4n) is 2.39. The number of rotatable bonds is 10. The van der Waals surface area contributed by atoms with Gasteiger partial charge >= 0.3 is 0 Å². The van der Waals surface area contributed by atoms with Crippen LogP contribution in [0.3, 0.4) is 0 Å². The summed E-state index contributed by atoms with van der Waals surface area (Å²) in [5, 5.41) is 2.92. The molecule has 2 rings (SSSR count). The first kappa shape index (κ1) is 22.2. The Hall–Kier alpha value is -2.13. The molecule has 0 spiro atoms. The summed E-state index contributed by atoms with van der Waals surface area (Å²) in [6, 6.07) is 6.68. The smallest absolute Gasteiger partial charge is 0.251 e. The number of carbonyl (C=O) groups excluding carboxylic acids is 1. The second-order valence-corrected chi connectivity index (χ2v) is 8.21. The van der Waals surface area contributed by atoms with Crippen molar-refractivity contribution in [3.8, 4) is 11.5 Å². The number of aromatic amines is 1. The van der Waals surface area contributed by atoms with Crippen molar-refractivity contribution in [3.05, 3.63) is 40.3 Å². The summed E-state index contributed by atoms with van der Waals surface area (Å²) in [6.07, 6.45) is 0.576. The molecule has 7 nitrogen and oxygen atoms in total. The topological polar surface area (TPSA) is 93.3 Å². The SMILES string of the molecule is CCSCc1cc(=O)[nH]c(SC(CC)C(=O)Nc2ccc(OC)cc2OC)n1. The number of hydrogen-bond donors (Lipinski definition) is 2. The first-order chi connectivity index (χ1) is 13.5. The highest BCUT2D eigenvalue weighted by atomic mass is 32.2. The summed E-state index contributed by atoms with van der Waals surface area (Å²) >= 11 is 2.94. The molecule has 0 aliphatic carbocycles. The lowest BCUT2D eigenvalue weighted by molar-refractivity contribution is -0.115. The molecular weight excluding hydrogens is 398 g/mol. The van der Waals surface area contributed by atoms with E-state index in [9.17, 15) is 9.59 Å². The number of thioether (sulfide) groups is 2. The third-order valence-corrected chi connectivity index (χ3v) is 5.97. The molecule has 0 radical (unpaired) electrons. The lowest BCUT2D eigenvalue weighted by atomic mass is 10.2. The monoisotopic (exact) mass is 423 g/mol. The summed E-state index contributed by atoms with van der Waals surface area (Å²) in [7, 11) is 3.10. The number of amides is 1. The Balaban J connectivity index is 2.14. The summed E-state index contributed by atoms with van der Waals surface area (Å²) < 4.78 is 10.5. The van der Waals surface area contributed by atoms with Crippen molar-refractivity contribution in [1.82, 2.24) is 9.97 Å². The maximum atomic E-state index is 12.8. The van der Waals surface area contributed by atoms with E-state index in [0.29, 0.717) is 40.2 Å². The molecule has 0 aliphatic rings. The van der Waals surface area contributed by atoms with Gasteiger partial charge in [0.2, 0.25) is 5.91 Å². The van der Waals surface area contributed by atoms with Crippen molar-refractivity contribution >= 4 is 35.1 Å². The van der Waals surface area contributed by atoms with E-state index in [0.717, 1.165) is 5.75 Å². The molecular formula is C19H25N3O4S2. The third-order valence-electron chi connectivity index (χ3n) is 3.81. The molecule has 1 aromatic carbocycles. The predicted molar refractivity (Wildman–Crippen MR) is 115 cm³/mol. The van der Waals surface area contributed by atoms with Crippen LogP contribution in [-0.2, 0) is 10.5 Å². The molecule has 2 aromatic rings. The molecule has 0 bridgehead atoms. The Kier molecular flexibility index (Phi) is 8.72. The van der Waals surface area contributed by atoms with Crippen LogP contribution >= 0.6 is 23.5 Å². The number of aromatic nitrogens is 2. The Bertz CT molecular complexity index is 857. The van der Waals surface area contributed by atoms with Gasteiger partial charge in [-0.1, -0.05) is 25.6 Å². The van der Waals surface area contributed by atoms with Crippen LogP contribution in [0.1, 0.15) is 26.0 Å². The van der Waals surface area contributed by atoms with Gasteiger partial charge in [0.25, 0.3) is 5.56 Å². The zero-order chi connectivity index (χ0) is 20.5. The number of anilines is 1.